The summed E-state index contributed by atoms with van der Waals surface area (Å²) in [4.78, 5) is 12.6. The minimum absolute atomic E-state index is 0.217. The van der Waals surface area contributed by atoms with Gasteiger partial charge < -0.3 is 11.1 Å². The highest BCUT2D eigenvalue weighted by Crippen LogP contribution is 2.36. The molecule has 5 heteroatoms. The zero-order valence-electron chi connectivity index (χ0n) is 10.2. The van der Waals surface area contributed by atoms with Gasteiger partial charge in [-0.2, -0.15) is 0 Å². The van der Waals surface area contributed by atoms with Crippen LogP contribution in [-0.4, -0.2) is 21.5 Å². The van der Waals surface area contributed by atoms with Crippen molar-refractivity contribution in [1.82, 2.24) is 15.0 Å². The molecule has 18 heavy (non-hydrogen) atoms. The molecule has 0 aliphatic carbocycles. The Morgan fingerprint density at radius 1 is 1.33 bits per heavy atom. The molecule has 1 aliphatic rings. The zero-order chi connectivity index (χ0) is 12.5. The average molecular weight is 241 g/mol. The number of nitrogen functional groups attached to an aromatic ring is 1. The summed E-state index contributed by atoms with van der Waals surface area (Å²) in [6.07, 6.45) is 4.54. The third-order valence-electron chi connectivity index (χ3n) is 3.34. The van der Waals surface area contributed by atoms with Gasteiger partial charge in [-0.05, 0) is 24.1 Å². The summed E-state index contributed by atoms with van der Waals surface area (Å²) in [5.74, 6) is 1.51. The largest absolute Gasteiger partial charge is 0.369 e. The lowest BCUT2D eigenvalue weighted by atomic mass is 9.94. The summed E-state index contributed by atoms with van der Waals surface area (Å²) in [6.45, 7) is 2.97. The van der Waals surface area contributed by atoms with Gasteiger partial charge in [-0.25, -0.2) is 15.0 Å². The van der Waals surface area contributed by atoms with Gasteiger partial charge in [-0.15, -0.1) is 0 Å². The number of pyridine rings is 1. The maximum absolute atomic E-state index is 5.66. The Balaban J connectivity index is 2.09. The van der Waals surface area contributed by atoms with E-state index < -0.39 is 0 Å². The number of aromatic nitrogens is 3. The Morgan fingerprint density at radius 3 is 2.94 bits per heavy atom. The van der Waals surface area contributed by atoms with Gasteiger partial charge in [0.05, 0.1) is 5.69 Å². The van der Waals surface area contributed by atoms with Gasteiger partial charge in [0.2, 0.25) is 5.95 Å². The van der Waals surface area contributed by atoms with E-state index in [1.807, 2.05) is 12.3 Å². The summed E-state index contributed by atoms with van der Waals surface area (Å²) in [6, 6.07) is 3.99. The highest BCUT2D eigenvalue weighted by atomic mass is 15.0. The van der Waals surface area contributed by atoms with E-state index in [2.05, 4.69) is 33.3 Å². The van der Waals surface area contributed by atoms with Gasteiger partial charge in [-0.1, -0.05) is 6.92 Å². The van der Waals surface area contributed by atoms with Gasteiger partial charge in [0.15, 0.2) is 0 Å². The lowest BCUT2D eigenvalue weighted by molar-refractivity contribution is 0.840. The van der Waals surface area contributed by atoms with E-state index in [1.165, 1.54) is 11.1 Å². The van der Waals surface area contributed by atoms with E-state index >= 15 is 0 Å². The first kappa shape index (κ1) is 11.0. The van der Waals surface area contributed by atoms with Crippen LogP contribution in [0.15, 0.2) is 24.5 Å². The topological polar surface area (TPSA) is 76.7 Å². The molecule has 0 bridgehead atoms. The van der Waals surface area contributed by atoms with Crippen molar-refractivity contribution in [2.24, 2.45) is 0 Å². The molecule has 0 aromatic carbocycles. The van der Waals surface area contributed by atoms with Crippen molar-refractivity contribution >= 4 is 11.8 Å². The second-order valence-corrected chi connectivity index (χ2v) is 4.36. The van der Waals surface area contributed by atoms with Crippen LogP contribution in [0.25, 0.3) is 0 Å². The summed E-state index contributed by atoms with van der Waals surface area (Å²) in [5.41, 5.74) is 9.17. The second kappa shape index (κ2) is 4.25. The number of hydrogen-bond donors (Lipinski definition) is 2. The van der Waals surface area contributed by atoms with Gasteiger partial charge >= 0.3 is 0 Å². The Kier molecular flexibility index (Phi) is 2.59. The molecule has 92 valence electrons. The number of anilines is 2. The Bertz CT molecular complexity index is 581. The fraction of sp³-hybridized carbons (Fsp3) is 0.308. The minimum Gasteiger partial charge on any atom is -0.369 e. The predicted octanol–water partition coefficient (Wildman–Crippen LogP) is 1.57. The van der Waals surface area contributed by atoms with Crippen molar-refractivity contribution in [3.05, 3.63) is 41.3 Å². The minimum atomic E-state index is 0.217. The van der Waals surface area contributed by atoms with Gasteiger partial charge in [0, 0.05) is 30.4 Å². The van der Waals surface area contributed by atoms with Crippen molar-refractivity contribution in [3.8, 4) is 0 Å². The molecule has 2 aromatic heterocycles. The molecule has 3 N–H and O–H groups in total. The van der Waals surface area contributed by atoms with Crippen LogP contribution in [-0.2, 0) is 6.42 Å². The molecule has 5 nitrogen and oxygen atoms in total. The number of rotatable bonds is 2. The van der Waals surface area contributed by atoms with E-state index in [1.54, 1.807) is 6.20 Å². The average Bonchev–Trinajstić information content (AvgIpc) is 2.82. The highest BCUT2D eigenvalue weighted by Gasteiger charge is 2.28. The lowest BCUT2D eigenvalue weighted by Crippen LogP contribution is -2.09. The lowest BCUT2D eigenvalue weighted by Gasteiger charge is -2.12. The maximum Gasteiger partial charge on any atom is 0.220 e. The summed E-state index contributed by atoms with van der Waals surface area (Å²) in [7, 11) is 0. The molecule has 0 fully saturated rings. The molecule has 0 radical (unpaired) electrons. The van der Waals surface area contributed by atoms with Crippen LogP contribution in [0.1, 0.15) is 29.7 Å². The SMILES string of the molecule is CCc1ccnc2c1C(c1ccnc(N)n1)CN2. The first-order valence-electron chi connectivity index (χ1n) is 6.09. The molecule has 0 spiro atoms. The molecule has 1 aliphatic heterocycles. The van der Waals surface area contributed by atoms with E-state index in [9.17, 15) is 0 Å². The highest BCUT2D eigenvalue weighted by molar-refractivity contribution is 5.58. The van der Waals surface area contributed by atoms with Gasteiger partial charge in [-0.3, -0.25) is 0 Å². The molecule has 3 rings (SSSR count). The molecule has 0 amide bonds. The van der Waals surface area contributed by atoms with Crippen molar-refractivity contribution in [2.45, 2.75) is 19.3 Å². The van der Waals surface area contributed by atoms with Crippen molar-refractivity contribution in [2.75, 3.05) is 17.6 Å². The normalized spacial score (nSPS) is 17.3. The summed E-state index contributed by atoms with van der Waals surface area (Å²) in [5, 5.41) is 3.33. The van der Waals surface area contributed by atoms with Crippen LogP contribution >= 0.6 is 0 Å². The quantitative estimate of drug-likeness (QED) is 0.834. The molecule has 0 saturated carbocycles. The van der Waals surface area contributed by atoms with E-state index in [-0.39, 0.29) is 5.92 Å². The Morgan fingerprint density at radius 2 is 2.17 bits per heavy atom. The maximum atomic E-state index is 5.66. The van der Waals surface area contributed by atoms with Crippen molar-refractivity contribution in [1.29, 1.82) is 0 Å². The molecular weight excluding hydrogens is 226 g/mol. The fourth-order valence-electron chi connectivity index (χ4n) is 2.49. The fourth-order valence-corrected chi connectivity index (χ4v) is 2.49. The first-order chi connectivity index (χ1) is 8.79. The van der Waals surface area contributed by atoms with E-state index in [0.29, 0.717) is 5.95 Å². The molecular formula is C13H15N5. The molecule has 2 aromatic rings. The molecule has 1 unspecified atom stereocenters. The van der Waals surface area contributed by atoms with Crippen LogP contribution in [0.2, 0.25) is 0 Å². The van der Waals surface area contributed by atoms with Gasteiger partial charge in [0.25, 0.3) is 0 Å². The molecule has 3 heterocycles. The zero-order valence-corrected chi connectivity index (χ0v) is 10.2. The second-order valence-electron chi connectivity index (χ2n) is 4.36. The van der Waals surface area contributed by atoms with Crippen LogP contribution in [0.5, 0.6) is 0 Å². The van der Waals surface area contributed by atoms with Crippen LogP contribution in [0.3, 0.4) is 0 Å². The Labute approximate surface area is 105 Å². The number of nitrogens with two attached hydrogens (primary N) is 1. The summed E-state index contributed by atoms with van der Waals surface area (Å²) < 4.78 is 0. The number of nitrogens with zero attached hydrogens (tertiary/aromatic N) is 3. The first-order valence-corrected chi connectivity index (χ1v) is 6.09. The third-order valence-corrected chi connectivity index (χ3v) is 3.34. The number of aryl methyl sites for hydroxylation is 1. The number of hydrogen-bond acceptors (Lipinski definition) is 5. The summed E-state index contributed by atoms with van der Waals surface area (Å²) >= 11 is 0. The van der Waals surface area contributed by atoms with Crippen molar-refractivity contribution in [3.63, 3.8) is 0 Å². The van der Waals surface area contributed by atoms with E-state index in [0.717, 1.165) is 24.5 Å². The van der Waals surface area contributed by atoms with E-state index in [4.69, 9.17) is 5.73 Å². The number of fused-ring (bicyclic) bond motifs is 1. The Hall–Kier alpha value is -2.17. The third kappa shape index (κ3) is 1.68. The van der Waals surface area contributed by atoms with Crippen LogP contribution < -0.4 is 11.1 Å². The van der Waals surface area contributed by atoms with Gasteiger partial charge in [0.1, 0.15) is 5.82 Å². The molecule has 0 saturated heterocycles. The smallest absolute Gasteiger partial charge is 0.220 e. The number of nitrogens with one attached hydrogen (secondary N) is 1. The monoisotopic (exact) mass is 241 g/mol. The van der Waals surface area contributed by atoms with Crippen LogP contribution in [0.4, 0.5) is 11.8 Å². The predicted molar refractivity (Wildman–Crippen MR) is 70.4 cm³/mol. The van der Waals surface area contributed by atoms with Crippen LogP contribution in [0, 0.1) is 0 Å². The molecule has 1 atom stereocenters. The standard InChI is InChI=1S/C13H15N5/c1-2-8-3-5-15-12-11(8)9(7-17-12)10-4-6-16-13(14)18-10/h3-6,9H,2,7H2,1H3,(H,15,17)(H2,14,16,18). The van der Waals surface area contributed by atoms with Crippen molar-refractivity contribution < 1.29 is 0 Å².